The fourth-order valence-electron chi connectivity index (χ4n) is 2.29. The number of carbonyl (C=O) groups excluding carboxylic acids is 1. The smallest absolute Gasteiger partial charge is 0.183 e. The summed E-state index contributed by atoms with van der Waals surface area (Å²) in [5, 5.41) is 0. The van der Waals surface area contributed by atoms with Gasteiger partial charge in [0.05, 0.1) is 5.69 Å². The Labute approximate surface area is 96.5 Å². The van der Waals surface area contributed by atoms with E-state index in [1.807, 2.05) is 19.1 Å². The zero-order valence-electron chi connectivity index (χ0n) is 9.36. The van der Waals surface area contributed by atoms with Crippen LogP contribution in [0.4, 0.5) is 0 Å². The first-order valence-electron chi connectivity index (χ1n) is 5.80. The van der Waals surface area contributed by atoms with E-state index in [1.54, 1.807) is 0 Å². The van der Waals surface area contributed by atoms with Crippen molar-refractivity contribution in [1.82, 2.24) is 4.98 Å². The molecule has 2 nitrogen and oxygen atoms in total. The highest BCUT2D eigenvalue weighted by molar-refractivity contribution is 5.96. The molecule has 0 radical (unpaired) electrons. The minimum atomic E-state index is 0. The average molecular weight is 215 g/mol. The van der Waals surface area contributed by atoms with Crippen LogP contribution in [0.3, 0.4) is 0 Å². The van der Waals surface area contributed by atoms with Crippen molar-refractivity contribution in [2.75, 3.05) is 0 Å². The van der Waals surface area contributed by atoms with E-state index in [0.29, 0.717) is 6.42 Å². The lowest BCUT2D eigenvalue weighted by Gasteiger charge is -2.04. The Kier molecular flexibility index (Phi) is 2.10. The van der Waals surface area contributed by atoms with Crippen LogP contribution in [0.5, 0.6) is 0 Å². The van der Waals surface area contributed by atoms with E-state index in [4.69, 9.17) is 0 Å². The zero-order chi connectivity index (χ0) is 11.1. The maximum absolute atomic E-state index is 11.9. The zero-order valence-corrected chi connectivity index (χ0v) is 9.36. The lowest BCUT2D eigenvalue weighted by atomic mass is 10.0. The van der Waals surface area contributed by atoms with Crippen molar-refractivity contribution in [1.29, 1.82) is 0 Å². The second-order valence-corrected chi connectivity index (χ2v) is 4.82. The van der Waals surface area contributed by atoms with E-state index >= 15 is 0 Å². The summed E-state index contributed by atoms with van der Waals surface area (Å²) in [6.45, 7) is 1.96. The van der Waals surface area contributed by atoms with Crippen molar-refractivity contribution in [3.05, 3.63) is 47.3 Å². The molecule has 2 aliphatic rings. The van der Waals surface area contributed by atoms with Crippen molar-refractivity contribution in [3.63, 3.8) is 0 Å². The Balaban J connectivity index is 0.00000108. The van der Waals surface area contributed by atoms with Gasteiger partial charge < -0.3 is 4.98 Å². The van der Waals surface area contributed by atoms with Crippen molar-refractivity contribution < 1.29 is 6.22 Å². The van der Waals surface area contributed by atoms with E-state index in [1.165, 1.54) is 12.0 Å². The normalized spacial score (nSPS) is 26.2. The van der Waals surface area contributed by atoms with Crippen molar-refractivity contribution in [2.24, 2.45) is 11.8 Å². The van der Waals surface area contributed by atoms with Crippen LogP contribution in [0.15, 0.2) is 35.9 Å². The van der Waals surface area contributed by atoms with Gasteiger partial charge in [-0.15, -0.1) is 0 Å². The van der Waals surface area contributed by atoms with Gasteiger partial charge in [-0.1, -0.05) is 18.2 Å². The van der Waals surface area contributed by atoms with E-state index in [9.17, 15) is 4.79 Å². The van der Waals surface area contributed by atoms with Crippen molar-refractivity contribution in [3.8, 4) is 0 Å². The largest absolute Gasteiger partial charge is 0.356 e. The van der Waals surface area contributed by atoms with Gasteiger partial charge >= 0.3 is 0 Å². The van der Waals surface area contributed by atoms with Crippen molar-refractivity contribution >= 4 is 5.78 Å². The van der Waals surface area contributed by atoms with Crippen LogP contribution in [0.2, 0.25) is 0 Å². The second-order valence-electron chi connectivity index (χ2n) is 4.82. The minimum absolute atomic E-state index is 0. The monoisotopic (exact) mass is 215 g/mol. The number of H-pyrrole nitrogens is 1. The number of aromatic nitrogens is 1. The second kappa shape index (κ2) is 3.48. The highest BCUT2D eigenvalue weighted by Gasteiger charge is 2.35. The third kappa shape index (κ3) is 1.75. The van der Waals surface area contributed by atoms with Gasteiger partial charge in [-0.2, -0.15) is 0 Å². The number of rotatable bonds is 3. The van der Waals surface area contributed by atoms with Gasteiger partial charge in [-0.25, -0.2) is 0 Å². The molecule has 1 heterocycles. The van der Waals surface area contributed by atoms with Gasteiger partial charge in [-0.05, 0) is 42.9 Å². The number of aryl methyl sites for hydroxylation is 1. The number of Topliss-reactive ketones (excluding diaryl/α,β-unsaturated/α-hetero) is 1. The third-order valence-corrected chi connectivity index (χ3v) is 3.37. The topological polar surface area (TPSA) is 32.9 Å². The Hall–Kier alpha value is -1.57. The van der Waals surface area contributed by atoms with Crippen molar-refractivity contribution in [2.45, 2.75) is 19.8 Å². The molecule has 1 saturated carbocycles. The molecule has 1 aromatic heterocycles. The summed E-state index contributed by atoms with van der Waals surface area (Å²) >= 11 is 0. The molecule has 16 heavy (non-hydrogen) atoms. The van der Waals surface area contributed by atoms with Crippen LogP contribution in [-0.2, 0) is 0 Å². The molecule has 3 rings (SSSR count). The Morgan fingerprint density at radius 2 is 2.38 bits per heavy atom. The molecule has 2 heteroatoms. The number of hydrogen-bond acceptors (Lipinski definition) is 1. The van der Waals surface area contributed by atoms with Gasteiger partial charge in [0.25, 0.3) is 0 Å². The molecular weight excluding hydrogens is 198 g/mol. The molecule has 0 aromatic carbocycles. The quantitative estimate of drug-likeness (QED) is 0.771. The maximum Gasteiger partial charge on any atom is 0.183 e. The number of ketones is 1. The molecule has 0 aliphatic heterocycles. The summed E-state index contributed by atoms with van der Waals surface area (Å²) in [4.78, 5) is 15.0. The summed E-state index contributed by atoms with van der Waals surface area (Å²) < 4.78 is 0. The van der Waals surface area contributed by atoms with Gasteiger partial charge in [0.1, 0.15) is 0 Å². The predicted octanol–water partition coefficient (Wildman–Crippen LogP) is 3.27. The lowest BCUT2D eigenvalue weighted by molar-refractivity contribution is 0.0989. The number of allylic oxidation sites excluding steroid dienone is 4. The van der Waals surface area contributed by atoms with E-state index in [2.05, 4.69) is 23.2 Å². The van der Waals surface area contributed by atoms with Crippen LogP contribution >= 0.6 is 0 Å². The fourth-order valence-corrected chi connectivity index (χ4v) is 2.29. The first-order chi connectivity index (χ1) is 7.72. The standard InChI is InChI=1S/C14H15NO.H2/c1-9-2-5-13(15-9)14(16)7-10-3-4-11-8-12(11)6-10;/h2-6,11-12,15H,7-8H2,1H3;1H. The van der Waals surface area contributed by atoms with Crippen LogP contribution in [0.25, 0.3) is 0 Å². The van der Waals surface area contributed by atoms with Gasteiger partial charge in [0, 0.05) is 13.5 Å². The molecule has 1 N–H and O–H groups in total. The number of hydrogen-bond donors (Lipinski definition) is 1. The fraction of sp³-hybridized carbons (Fsp3) is 0.357. The molecule has 84 valence electrons. The molecule has 2 aliphatic carbocycles. The first kappa shape index (κ1) is 9.64. The van der Waals surface area contributed by atoms with Gasteiger partial charge in [0.2, 0.25) is 0 Å². The molecule has 2 atom stereocenters. The van der Waals surface area contributed by atoms with Gasteiger partial charge in [0.15, 0.2) is 5.78 Å². The molecular formula is C14H17NO. The summed E-state index contributed by atoms with van der Waals surface area (Å²) in [5.41, 5.74) is 2.94. The van der Waals surface area contributed by atoms with Crippen LogP contribution in [-0.4, -0.2) is 10.8 Å². The summed E-state index contributed by atoms with van der Waals surface area (Å²) in [6, 6.07) is 3.81. The SMILES string of the molecule is Cc1ccc(C(=O)CC2=CC3CC3C=C2)[nH]1.[HH]. The summed E-state index contributed by atoms with van der Waals surface area (Å²) in [5.74, 6) is 1.67. The Morgan fingerprint density at radius 1 is 1.50 bits per heavy atom. The third-order valence-electron chi connectivity index (χ3n) is 3.37. The van der Waals surface area contributed by atoms with E-state index in [0.717, 1.165) is 23.2 Å². The number of carbonyl (C=O) groups is 1. The molecule has 0 amide bonds. The Bertz CT molecular complexity index is 498. The highest BCUT2D eigenvalue weighted by atomic mass is 16.1. The first-order valence-corrected chi connectivity index (χ1v) is 5.80. The molecule has 0 bridgehead atoms. The van der Waals surface area contributed by atoms with E-state index < -0.39 is 0 Å². The number of aromatic amines is 1. The highest BCUT2D eigenvalue weighted by Crippen LogP contribution is 2.44. The van der Waals surface area contributed by atoms with Crippen LogP contribution in [0.1, 0.15) is 30.5 Å². The van der Waals surface area contributed by atoms with Crippen LogP contribution in [0, 0.1) is 18.8 Å². The summed E-state index contributed by atoms with van der Waals surface area (Å²) in [7, 11) is 0. The van der Waals surface area contributed by atoms with Gasteiger partial charge in [-0.3, -0.25) is 4.79 Å². The molecule has 2 unspecified atom stereocenters. The van der Waals surface area contributed by atoms with E-state index in [-0.39, 0.29) is 7.21 Å². The molecule has 0 saturated heterocycles. The predicted molar refractivity (Wildman–Crippen MR) is 65.4 cm³/mol. The molecule has 1 fully saturated rings. The molecule has 0 spiro atoms. The number of nitrogens with one attached hydrogen (secondary N) is 1. The minimum Gasteiger partial charge on any atom is -0.356 e. The van der Waals surface area contributed by atoms with Crippen LogP contribution < -0.4 is 0 Å². The molecule has 1 aromatic rings. The maximum atomic E-state index is 11.9. The summed E-state index contributed by atoms with van der Waals surface area (Å²) in [6.07, 6.45) is 8.42. The number of fused-ring (bicyclic) bond motifs is 1. The lowest BCUT2D eigenvalue weighted by Crippen LogP contribution is -2.02. The average Bonchev–Trinajstić information content (AvgIpc) is 2.90. The Morgan fingerprint density at radius 3 is 3.06 bits per heavy atom.